The van der Waals surface area contributed by atoms with Crippen LogP contribution in [0.4, 0.5) is 4.79 Å². The van der Waals surface area contributed by atoms with Crippen molar-refractivity contribution in [1.82, 2.24) is 9.80 Å². The third-order valence-electron chi connectivity index (χ3n) is 2.16. The van der Waals surface area contributed by atoms with Gasteiger partial charge in [0.05, 0.1) is 0 Å². The van der Waals surface area contributed by atoms with Crippen LogP contribution in [0.2, 0.25) is 0 Å². The Kier molecular flexibility index (Phi) is 3.71. The highest BCUT2D eigenvalue weighted by Gasteiger charge is 2.34. The number of hydrogen-bond acceptors (Lipinski definition) is 3. The molecular formula is C8H13ClN2O3. The molecule has 0 bridgehead atoms. The van der Waals surface area contributed by atoms with Crippen LogP contribution in [-0.4, -0.2) is 52.0 Å². The number of carbonyl (C=O) groups is 2. The Bertz CT molecular complexity index is 247. The molecule has 1 aliphatic heterocycles. The first kappa shape index (κ1) is 11.3. The van der Waals surface area contributed by atoms with Gasteiger partial charge in [-0.2, -0.15) is 0 Å². The molecule has 6 heteroatoms. The molecule has 5 nitrogen and oxygen atoms in total. The van der Waals surface area contributed by atoms with E-state index in [-0.39, 0.29) is 6.54 Å². The lowest BCUT2D eigenvalue weighted by atomic mass is 10.2. The van der Waals surface area contributed by atoms with E-state index in [1.807, 2.05) is 6.92 Å². The molecule has 1 heterocycles. The molecule has 0 spiro atoms. The minimum Gasteiger partial charge on any atom is -0.365 e. The number of nitrogens with zero attached hydrogens (tertiary/aromatic N) is 2. The lowest BCUT2D eigenvalue weighted by Gasteiger charge is -2.36. The van der Waals surface area contributed by atoms with E-state index >= 15 is 0 Å². The highest BCUT2D eigenvalue weighted by Crippen LogP contribution is 2.11. The summed E-state index contributed by atoms with van der Waals surface area (Å²) in [6.45, 7) is 3.26. The molecule has 0 radical (unpaired) electrons. The summed E-state index contributed by atoms with van der Waals surface area (Å²) >= 11 is 5.20. The van der Waals surface area contributed by atoms with E-state index in [4.69, 9.17) is 11.6 Å². The topological polar surface area (TPSA) is 60.9 Å². The van der Waals surface area contributed by atoms with Gasteiger partial charge in [0, 0.05) is 19.6 Å². The SMILES string of the molecule is CCCN1CCN(C(=O)Cl)C(O)C1=O. The van der Waals surface area contributed by atoms with Crippen molar-refractivity contribution in [1.29, 1.82) is 0 Å². The second-order valence-corrected chi connectivity index (χ2v) is 3.47. The van der Waals surface area contributed by atoms with Gasteiger partial charge in [-0.15, -0.1) is 0 Å². The number of carbonyl (C=O) groups excluding carboxylic acids is 2. The summed E-state index contributed by atoms with van der Waals surface area (Å²) in [5.74, 6) is -0.452. The Morgan fingerprint density at radius 1 is 1.64 bits per heavy atom. The van der Waals surface area contributed by atoms with Crippen LogP contribution in [0.5, 0.6) is 0 Å². The minimum atomic E-state index is -1.42. The van der Waals surface area contributed by atoms with Crippen LogP contribution in [0.1, 0.15) is 13.3 Å². The zero-order valence-corrected chi connectivity index (χ0v) is 8.70. The largest absolute Gasteiger partial charge is 0.365 e. The van der Waals surface area contributed by atoms with Gasteiger partial charge in [-0.1, -0.05) is 6.92 Å². The Morgan fingerprint density at radius 3 is 2.79 bits per heavy atom. The first-order valence-electron chi connectivity index (χ1n) is 4.51. The van der Waals surface area contributed by atoms with Gasteiger partial charge in [-0.05, 0) is 18.0 Å². The normalized spacial score (nSPS) is 22.8. The maximum absolute atomic E-state index is 11.5. The van der Waals surface area contributed by atoms with Crippen molar-refractivity contribution in [3.05, 3.63) is 0 Å². The molecule has 1 aliphatic rings. The van der Waals surface area contributed by atoms with Crippen molar-refractivity contribution in [3.8, 4) is 0 Å². The minimum absolute atomic E-state index is 0.287. The predicted octanol–water partition coefficient (Wildman–Crippen LogP) is 0.218. The van der Waals surface area contributed by atoms with Crippen molar-refractivity contribution in [2.45, 2.75) is 19.6 Å². The van der Waals surface area contributed by atoms with Crippen molar-refractivity contribution in [3.63, 3.8) is 0 Å². The fraction of sp³-hybridized carbons (Fsp3) is 0.750. The Balaban J connectivity index is 2.64. The van der Waals surface area contributed by atoms with Crippen molar-refractivity contribution in [2.24, 2.45) is 0 Å². The van der Waals surface area contributed by atoms with Gasteiger partial charge < -0.3 is 10.0 Å². The molecule has 1 unspecified atom stereocenters. The number of aliphatic hydroxyl groups is 1. The van der Waals surface area contributed by atoms with Crippen LogP contribution in [0, 0.1) is 0 Å². The smallest absolute Gasteiger partial charge is 0.318 e. The predicted molar refractivity (Wildman–Crippen MR) is 50.8 cm³/mol. The average Bonchev–Trinajstić information content (AvgIpc) is 2.13. The standard InChI is InChI=1S/C8H13ClN2O3/c1-2-3-10-4-5-11(8(9)14)7(13)6(10)12/h7,13H,2-5H2,1H3. The summed E-state index contributed by atoms with van der Waals surface area (Å²) in [7, 11) is 0. The van der Waals surface area contributed by atoms with E-state index < -0.39 is 17.5 Å². The van der Waals surface area contributed by atoms with Gasteiger partial charge in [0.2, 0.25) is 6.23 Å². The molecule has 0 aromatic rings. The highest BCUT2D eigenvalue weighted by atomic mass is 35.5. The fourth-order valence-electron chi connectivity index (χ4n) is 1.43. The second kappa shape index (κ2) is 4.61. The van der Waals surface area contributed by atoms with Crippen LogP contribution in [0.3, 0.4) is 0 Å². The van der Waals surface area contributed by atoms with Crippen LogP contribution in [0.15, 0.2) is 0 Å². The third-order valence-corrected chi connectivity index (χ3v) is 2.38. The van der Waals surface area contributed by atoms with Gasteiger partial charge in [0.25, 0.3) is 5.91 Å². The van der Waals surface area contributed by atoms with E-state index in [2.05, 4.69) is 0 Å². The average molecular weight is 221 g/mol. The molecule has 0 aromatic heterocycles. The number of piperazine rings is 1. The lowest BCUT2D eigenvalue weighted by Crippen LogP contribution is -2.57. The summed E-state index contributed by atoms with van der Waals surface area (Å²) in [5, 5.41) is 8.64. The number of halogens is 1. The third kappa shape index (κ3) is 2.16. The highest BCUT2D eigenvalue weighted by molar-refractivity contribution is 6.63. The molecular weight excluding hydrogens is 208 g/mol. The van der Waals surface area contributed by atoms with Gasteiger partial charge in [0.1, 0.15) is 0 Å². The summed E-state index contributed by atoms with van der Waals surface area (Å²) < 4.78 is 0. The van der Waals surface area contributed by atoms with E-state index in [1.54, 1.807) is 0 Å². The van der Waals surface area contributed by atoms with E-state index in [0.29, 0.717) is 13.1 Å². The first-order chi connectivity index (χ1) is 6.57. The second-order valence-electron chi connectivity index (χ2n) is 3.15. The van der Waals surface area contributed by atoms with Crippen molar-refractivity contribution < 1.29 is 14.7 Å². The van der Waals surface area contributed by atoms with Gasteiger partial charge >= 0.3 is 5.37 Å². The van der Waals surface area contributed by atoms with E-state index in [9.17, 15) is 14.7 Å². The van der Waals surface area contributed by atoms with E-state index in [1.165, 1.54) is 4.90 Å². The summed E-state index contributed by atoms with van der Waals surface area (Å²) in [6.07, 6.45) is -0.590. The molecule has 0 aromatic carbocycles. The number of hydrogen-bond donors (Lipinski definition) is 1. The van der Waals surface area contributed by atoms with Crippen LogP contribution in [-0.2, 0) is 4.79 Å². The van der Waals surface area contributed by atoms with Crippen molar-refractivity contribution in [2.75, 3.05) is 19.6 Å². The first-order valence-corrected chi connectivity index (χ1v) is 4.88. The molecule has 2 amide bonds. The van der Waals surface area contributed by atoms with E-state index in [0.717, 1.165) is 11.3 Å². The molecule has 1 N–H and O–H groups in total. The van der Waals surface area contributed by atoms with Crippen LogP contribution >= 0.6 is 11.6 Å². The molecule has 1 saturated heterocycles. The zero-order chi connectivity index (χ0) is 10.7. The monoisotopic (exact) mass is 220 g/mol. The molecule has 0 aliphatic carbocycles. The summed E-state index contributed by atoms with van der Waals surface area (Å²) in [6, 6.07) is 0. The maximum Gasteiger partial charge on any atom is 0.318 e. The molecule has 1 atom stereocenters. The Morgan fingerprint density at radius 2 is 2.29 bits per heavy atom. The molecule has 80 valence electrons. The fourth-order valence-corrected chi connectivity index (χ4v) is 1.61. The van der Waals surface area contributed by atoms with Gasteiger partial charge in [0.15, 0.2) is 0 Å². The number of aliphatic hydroxyl groups excluding tert-OH is 1. The molecule has 1 fully saturated rings. The quantitative estimate of drug-likeness (QED) is 0.535. The number of rotatable bonds is 2. The Hall–Kier alpha value is -0.810. The maximum atomic E-state index is 11.5. The van der Waals surface area contributed by atoms with Crippen LogP contribution in [0.25, 0.3) is 0 Å². The summed E-state index contributed by atoms with van der Waals surface area (Å²) in [4.78, 5) is 24.7. The van der Waals surface area contributed by atoms with Crippen molar-refractivity contribution >= 4 is 22.9 Å². The lowest BCUT2D eigenvalue weighted by molar-refractivity contribution is -0.153. The van der Waals surface area contributed by atoms with Crippen LogP contribution < -0.4 is 0 Å². The molecule has 14 heavy (non-hydrogen) atoms. The Labute approximate surface area is 87.2 Å². The molecule has 0 saturated carbocycles. The van der Waals surface area contributed by atoms with Gasteiger partial charge in [-0.25, -0.2) is 0 Å². The molecule has 1 rings (SSSR count). The number of amides is 2. The zero-order valence-electron chi connectivity index (χ0n) is 7.94. The van der Waals surface area contributed by atoms with Gasteiger partial charge in [-0.3, -0.25) is 14.5 Å². The summed E-state index contributed by atoms with van der Waals surface area (Å²) in [5.41, 5.74) is 0.